The van der Waals surface area contributed by atoms with Crippen molar-refractivity contribution in [3.63, 3.8) is 0 Å². The Morgan fingerprint density at radius 2 is 2.17 bits per heavy atom. The summed E-state index contributed by atoms with van der Waals surface area (Å²) in [5.41, 5.74) is 1.79. The van der Waals surface area contributed by atoms with Crippen molar-refractivity contribution in [2.24, 2.45) is 0 Å². The molecule has 1 N–H and O–H groups in total. The van der Waals surface area contributed by atoms with E-state index in [0.717, 1.165) is 11.4 Å². The van der Waals surface area contributed by atoms with Crippen LogP contribution in [0.1, 0.15) is 11.4 Å². The van der Waals surface area contributed by atoms with Crippen LogP contribution in [-0.4, -0.2) is 31.5 Å². The molecule has 8 heteroatoms. The number of carbonyl (C=O) groups is 1. The number of hydrogen-bond acceptors (Lipinski definition) is 5. The third-order valence-electron chi connectivity index (χ3n) is 3.07. The lowest BCUT2D eigenvalue weighted by atomic mass is 10.4. The summed E-state index contributed by atoms with van der Waals surface area (Å²) in [4.78, 5) is 20.3. The maximum Gasteiger partial charge on any atom is 0.240 e. The second kappa shape index (κ2) is 6.21. The second-order valence-corrected chi connectivity index (χ2v) is 5.20. The zero-order chi connectivity index (χ0) is 16.4. The summed E-state index contributed by atoms with van der Waals surface area (Å²) in [6, 6.07) is 7.06. The number of halogens is 1. The summed E-state index contributed by atoms with van der Waals surface area (Å²) in [5.74, 6) is 1.20. The highest BCUT2D eigenvalue weighted by Gasteiger charge is 2.14. The number of hydrogen-bond donors (Lipinski definition) is 1. The minimum atomic E-state index is -0.352. The van der Waals surface area contributed by atoms with Crippen molar-refractivity contribution in [1.82, 2.24) is 19.7 Å². The van der Waals surface area contributed by atoms with Gasteiger partial charge in [-0.2, -0.15) is 5.10 Å². The van der Waals surface area contributed by atoms with Gasteiger partial charge in [-0.3, -0.25) is 4.79 Å². The molecule has 23 heavy (non-hydrogen) atoms. The van der Waals surface area contributed by atoms with E-state index in [1.165, 1.54) is 6.26 Å². The van der Waals surface area contributed by atoms with Crippen molar-refractivity contribution < 1.29 is 9.21 Å². The maximum atomic E-state index is 11.5. The van der Waals surface area contributed by atoms with E-state index in [2.05, 4.69) is 20.4 Å². The Balaban J connectivity index is 2.11. The van der Waals surface area contributed by atoms with E-state index in [-0.39, 0.29) is 11.8 Å². The fourth-order valence-corrected chi connectivity index (χ4v) is 2.23. The molecule has 7 nitrogen and oxygen atoms in total. The minimum Gasteiger partial charge on any atom is -0.461 e. The lowest BCUT2D eigenvalue weighted by molar-refractivity contribution is -0.113. The van der Waals surface area contributed by atoms with Crippen molar-refractivity contribution in [3.8, 4) is 17.4 Å². The van der Waals surface area contributed by atoms with Gasteiger partial charge in [0, 0.05) is 11.8 Å². The fraction of sp³-hybridized carbons (Fsp3) is 0.200. The first kappa shape index (κ1) is 15.2. The van der Waals surface area contributed by atoms with E-state index in [9.17, 15) is 4.79 Å². The number of anilines is 1. The second-order valence-electron chi connectivity index (χ2n) is 4.93. The Labute approximate surface area is 137 Å². The van der Waals surface area contributed by atoms with E-state index in [4.69, 9.17) is 16.0 Å². The van der Waals surface area contributed by atoms with Gasteiger partial charge in [0.1, 0.15) is 11.7 Å². The zero-order valence-corrected chi connectivity index (χ0v) is 13.3. The van der Waals surface area contributed by atoms with Gasteiger partial charge in [-0.25, -0.2) is 14.6 Å². The molecule has 0 fully saturated rings. The standard InChI is InChI=1S/C15H14ClN5O2/c1-9-6-10(2)21(20-9)13-7-12(17-14(22)8-16)18-15(19-13)11-4-3-5-23-11/h3-7H,8H2,1-2H3,(H,17,18,19,22). The molecule has 3 aromatic heterocycles. The van der Waals surface area contributed by atoms with E-state index in [0.29, 0.717) is 23.2 Å². The topological polar surface area (TPSA) is 85.8 Å². The summed E-state index contributed by atoms with van der Waals surface area (Å²) < 4.78 is 7.02. The molecule has 0 atom stereocenters. The first-order valence-electron chi connectivity index (χ1n) is 6.89. The molecule has 0 aliphatic rings. The number of aryl methyl sites for hydroxylation is 2. The summed E-state index contributed by atoms with van der Waals surface area (Å²) in [6.07, 6.45) is 1.53. The molecular weight excluding hydrogens is 318 g/mol. The predicted molar refractivity (Wildman–Crippen MR) is 85.7 cm³/mol. The summed E-state index contributed by atoms with van der Waals surface area (Å²) >= 11 is 5.54. The molecule has 0 bridgehead atoms. The van der Waals surface area contributed by atoms with Gasteiger partial charge in [-0.15, -0.1) is 11.6 Å². The van der Waals surface area contributed by atoms with Gasteiger partial charge < -0.3 is 9.73 Å². The number of carbonyl (C=O) groups excluding carboxylic acids is 1. The Morgan fingerprint density at radius 1 is 1.35 bits per heavy atom. The number of amides is 1. The molecule has 0 saturated carbocycles. The Bertz CT molecular complexity index is 842. The van der Waals surface area contributed by atoms with Crippen LogP contribution in [0.25, 0.3) is 17.4 Å². The van der Waals surface area contributed by atoms with Crippen LogP contribution in [0.15, 0.2) is 34.9 Å². The third-order valence-corrected chi connectivity index (χ3v) is 3.31. The van der Waals surface area contributed by atoms with Gasteiger partial charge in [-0.1, -0.05) is 0 Å². The average molecular weight is 332 g/mol. The molecular formula is C15H14ClN5O2. The van der Waals surface area contributed by atoms with Crippen LogP contribution in [0.4, 0.5) is 5.82 Å². The fourth-order valence-electron chi connectivity index (χ4n) is 2.16. The van der Waals surface area contributed by atoms with Gasteiger partial charge in [0.15, 0.2) is 17.4 Å². The molecule has 0 aromatic carbocycles. The molecule has 1 amide bonds. The molecule has 3 aromatic rings. The number of rotatable bonds is 4. The Morgan fingerprint density at radius 3 is 2.78 bits per heavy atom. The molecule has 0 spiro atoms. The maximum absolute atomic E-state index is 11.5. The van der Waals surface area contributed by atoms with Crippen LogP contribution >= 0.6 is 11.6 Å². The highest BCUT2D eigenvalue weighted by atomic mass is 35.5. The van der Waals surface area contributed by atoms with Crippen molar-refractivity contribution in [1.29, 1.82) is 0 Å². The normalized spacial score (nSPS) is 10.7. The Kier molecular flexibility index (Phi) is 4.12. The van der Waals surface area contributed by atoms with E-state index >= 15 is 0 Å². The van der Waals surface area contributed by atoms with E-state index in [1.807, 2.05) is 19.9 Å². The van der Waals surface area contributed by atoms with Crippen molar-refractivity contribution in [2.45, 2.75) is 13.8 Å². The molecule has 118 valence electrons. The highest BCUT2D eigenvalue weighted by Crippen LogP contribution is 2.21. The summed E-state index contributed by atoms with van der Waals surface area (Å²) in [5, 5.41) is 7.03. The molecule has 0 aliphatic heterocycles. The SMILES string of the molecule is Cc1cc(C)n(-c2cc(NC(=O)CCl)nc(-c3ccco3)n2)n1. The molecule has 3 rings (SSSR count). The number of nitrogens with zero attached hydrogens (tertiary/aromatic N) is 4. The van der Waals surface area contributed by atoms with Crippen molar-refractivity contribution >= 4 is 23.3 Å². The van der Waals surface area contributed by atoms with Gasteiger partial charge in [0.05, 0.1) is 12.0 Å². The number of nitrogens with one attached hydrogen (secondary N) is 1. The summed E-state index contributed by atoms with van der Waals surface area (Å²) in [7, 11) is 0. The lowest BCUT2D eigenvalue weighted by Gasteiger charge is -2.09. The van der Waals surface area contributed by atoms with Crippen LogP contribution < -0.4 is 5.32 Å². The molecule has 0 aliphatic carbocycles. The van der Waals surface area contributed by atoms with Crippen LogP contribution in [0.5, 0.6) is 0 Å². The smallest absolute Gasteiger partial charge is 0.240 e. The predicted octanol–water partition coefficient (Wildman–Crippen LogP) is 2.72. The number of alkyl halides is 1. The first-order chi connectivity index (χ1) is 11.1. The van der Waals surface area contributed by atoms with Gasteiger partial charge in [-0.05, 0) is 32.0 Å². The average Bonchev–Trinajstić information content (AvgIpc) is 3.16. The largest absolute Gasteiger partial charge is 0.461 e. The quantitative estimate of drug-likeness (QED) is 0.743. The monoisotopic (exact) mass is 331 g/mol. The van der Waals surface area contributed by atoms with Crippen LogP contribution in [0.3, 0.4) is 0 Å². The van der Waals surface area contributed by atoms with Crippen LogP contribution in [0.2, 0.25) is 0 Å². The number of furan rings is 1. The lowest BCUT2D eigenvalue weighted by Crippen LogP contribution is -2.15. The van der Waals surface area contributed by atoms with Crippen LogP contribution in [-0.2, 0) is 4.79 Å². The molecule has 0 saturated heterocycles. The molecule has 0 unspecified atom stereocenters. The molecule has 0 radical (unpaired) electrons. The Hall–Kier alpha value is -2.67. The zero-order valence-electron chi connectivity index (χ0n) is 12.6. The van der Waals surface area contributed by atoms with E-state index in [1.54, 1.807) is 22.9 Å². The number of aromatic nitrogens is 4. The van der Waals surface area contributed by atoms with Crippen molar-refractivity contribution in [3.05, 3.63) is 41.9 Å². The third kappa shape index (κ3) is 3.24. The van der Waals surface area contributed by atoms with Gasteiger partial charge in [0.25, 0.3) is 0 Å². The van der Waals surface area contributed by atoms with Crippen LogP contribution in [0, 0.1) is 13.8 Å². The van der Waals surface area contributed by atoms with Crippen molar-refractivity contribution in [2.75, 3.05) is 11.2 Å². The van der Waals surface area contributed by atoms with Gasteiger partial charge in [0.2, 0.25) is 5.91 Å². The molecule has 3 heterocycles. The first-order valence-corrected chi connectivity index (χ1v) is 7.42. The highest BCUT2D eigenvalue weighted by molar-refractivity contribution is 6.29. The van der Waals surface area contributed by atoms with E-state index < -0.39 is 0 Å². The summed E-state index contributed by atoms with van der Waals surface area (Å²) in [6.45, 7) is 3.82. The minimum absolute atomic E-state index is 0.157. The van der Waals surface area contributed by atoms with Gasteiger partial charge >= 0.3 is 0 Å².